The summed E-state index contributed by atoms with van der Waals surface area (Å²) in [7, 11) is -3.55. The zero-order valence-electron chi connectivity index (χ0n) is 24.9. The Morgan fingerprint density at radius 3 is 2.07 bits per heavy atom. The van der Waals surface area contributed by atoms with E-state index in [1.54, 1.807) is 17.0 Å². The van der Waals surface area contributed by atoms with Gasteiger partial charge in [-0.05, 0) is 59.7 Å². The van der Waals surface area contributed by atoms with Crippen molar-refractivity contribution in [3.8, 4) is 0 Å². The number of aryl methyl sites for hydroxylation is 1. The fraction of sp³-hybridized carbons (Fsp3) is 0.394. The van der Waals surface area contributed by atoms with Gasteiger partial charge in [0, 0.05) is 36.9 Å². The molecule has 0 saturated heterocycles. The first-order valence-corrected chi connectivity index (χ1v) is 17.0. The number of hydrogen-bond donors (Lipinski definition) is 1. The standard InChI is InChI=1S/C33H42BrN3O4S/c1-5-26-15-19-30(20-16-26)37(42(4,40)41)21-9-12-32(38)36(24-28-13-17-29(34)18-14-28)31(33(39)35-23-25(2)3)22-27-10-7-6-8-11-27/h6-8,10-11,13-20,25,31H,5,9,12,21-24H2,1-4H3,(H,35,39). The number of anilines is 1. The van der Waals surface area contributed by atoms with Gasteiger partial charge in [-0.15, -0.1) is 0 Å². The highest BCUT2D eigenvalue weighted by Gasteiger charge is 2.30. The molecule has 0 aliphatic carbocycles. The van der Waals surface area contributed by atoms with Gasteiger partial charge in [0.15, 0.2) is 0 Å². The Morgan fingerprint density at radius 2 is 1.50 bits per heavy atom. The van der Waals surface area contributed by atoms with Gasteiger partial charge in [0.25, 0.3) is 0 Å². The van der Waals surface area contributed by atoms with Crippen molar-refractivity contribution in [2.24, 2.45) is 5.92 Å². The highest BCUT2D eigenvalue weighted by molar-refractivity contribution is 9.10. The number of amides is 2. The molecule has 7 nitrogen and oxygen atoms in total. The summed E-state index contributed by atoms with van der Waals surface area (Å²) < 4.78 is 27.6. The fourth-order valence-corrected chi connectivity index (χ4v) is 5.89. The Kier molecular flexibility index (Phi) is 12.6. The third kappa shape index (κ3) is 10.3. The van der Waals surface area contributed by atoms with Crippen molar-refractivity contribution in [1.82, 2.24) is 10.2 Å². The van der Waals surface area contributed by atoms with Gasteiger partial charge < -0.3 is 10.2 Å². The van der Waals surface area contributed by atoms with E-state index in [-0.39, 0.29) is 37.2 Å². The number of halogens is 1. The van der Waals surface area contributed by atoms with Crippen LogP contribution in [-0.2, 0) is 39.0 Å². The fourth-order valence-electron chi connectivity index (χ4n) is 4.66. The van der Waals surface area contributed by atoms with Crippen LogP contribution in [0.4, 0.5) is 5.69 Å². The summed E-state index contributed by atoms with van der Waals surface area (Å²) in [4.78, 5) is 29.1. The van der Waals surface area contributed by atoms with E-state index in [0.29, 0.717) is 25.1 Å². The minimum Gasteiger partial charge on any atom is -0.354 e. The molecule has 1 unspecified atom stereocenters. The second kappa shape index (κ2) is 15.9. The Balaban J connectivity index is 1.86. The van der Waals surface area contributed by atoms with Gasteiger partial charge in [0.05, 0.1) is 11.9 Å². The quantitative estimate of drug-likeness (QED) is 0.219. The van der Waals surface area contributed by atoms with Crippen molar-refractivity contribution in [1.29, 1.82) is 0 Å². The second-order valence-corrected chi connectivity index (χ2v) is 13.8. The minimum absolute atomic E-state index is 0.0956. The topological polar surface area (TPSA) is 86.8 Å². The molecule has 226 valence electrons. The van der Waals surface area contributed by atoms with Gasteiger partial charge in [-0.3, -0.25) is 13.9 Å². The molecule has 0 saturated carbocycles. The molecule has 3 rings (SSSR count). The molecule has 3 aromatic rings. The van der Waals surface area contributed by atoms with Crippen molar-refractivity contribution in [3.63, 3.8) is 0 Å². The molecule has 42 heavy (non-hydrogen) atoms. The van der Waals surface area contributed by atoms with Crippen LogP contribution in [0.3, 0.4) is 0 Å². The molecule has 9 heteroatoms. The zero-order valence-corrected chi connectivity index (χ0v) is 27.3. The van der Waals surface area contributed by atoms with E-state index < -0.39 is 16.1 Å². The molecule has 0 radical (unpaired) electrons. The van der Waals surface area contributed by atoms with Crippen molar-refractivity contribution in [3.05, 3.63) is 100 Å². The van der Waals surface area contributed by atoms with Crippen molar-refractivity contribution < 1.29 is 18.0 Å². The number of sulfonamides is 1. The molecular weight excluding hydrogens is 614 g/mol. The number of nitrogens with zero attached hydrogens (tertiary/aromatic N) is 2. The van der Waals surface area contributed by atoms with Crippen LogP contribution in [0.1, 0.15) is 50.3 Å². The molecule has 2 amide bonds. The van der Waals surface area contributed by atoms with Crippen LogP contribution in [0.25, 0.3) is 0 Å². The number of hydrogen-bond acceptors (Lipinski definition) is 4. The minimum atomic E-state index is -3.55. The van der Waals surface area contributed by atoms with Crippen molar-refractivity contribution >= 4 is 43.5 Å². The maximum Gasteiger partial charge on any atom is 0.243 e. The monoisotopic (exact) mass is 655 g/mol. The number of rotatable bonds is 15. The van der Waals surface area contributed by atoms with Crippen molar-refractivity contribution in [2.75, 3.05) is 23.7 Å². The predicted molar refractivity (Wildman–Crippen MR) is 174 cm³/mol. The van der Waals surface area contributed by atoms with E-state index in [1.165, 1.54) is 10.6 Å². The molecule has 3 aromatic carbocycles. The number of carbonyl (C=O) groups is 2. The van der Waals surface area contributed by atoms with Gasteiger partial charge in [-0.1, -0.05) is 91.3 Å². The summed E-state index contributed by atoms with van der Waals surface area (Å²) >= 11 is 3.46. The largest absolute Gasteiger partial charge is 0.354 e. The highest BCUT2D eigenvalue weighted by Crippen LogP contribution is 2.21. The van der Waals surface area contributed by atoms with Gasteiger partial charge in [-0.25, -0.2) is 8.42 Å². The van der Waals surface area contributed by atoms with E-state index in [4.69, 9.17) is 0 Å². The summed E-state index contributed by atoms with van der Waals surface area (Å²) in [6, 6.07) is 24.1. The Labute approximate surface area is 259 Å². The average Bonchev–Trinajstić information content (AvgIpc) is 2.96. The van der Waals surface area contributed by atoms with Crippen LogP contribution in [0.2, 0.25) is 0 Å². The summed E-state index contributed by atoms with van der Waals surface area (Å²) in [5.74, 6) is -0.143. The Hall–Kier alpha value is -3.17. The first-order chi connectivity index (χ1) is 20.0. The van der Waals surface area contributed by atoms with Gasteiger partial charge in [0.2, 0.25) is 21.8 Å². The van der Waals surface area contributed by atoms with Gasteiger partial charge >= 0.3 is 0 Å². The van der Waals surface area contributed by atoms with Crippen LogP contribution in [0.15, 0.2) is 83.3 Å². The van der Waals surface area contributed by atoms with Crippen molar-refractivity contribution in [2.45, 2.75) is 59.0 Å². The maximum atomic E-state index is 13.9. The van der Waals surface area contributed by atoms with Crippen LogP contribution in [0, 0.1) is 5.92 Å². The van der Waals surface area contributed by atoms with E-state index >= 15 is 0 Å². The lowest BCUT2D eigenvalue weighted by atomic mass is 10.0. The first-order valence-electron chi connectivity index (χ1n) is 14.4. The van der Waals surface area contributed by atoms with Crippen LogP contribution in [0.5, 0.6) is 0 Å². The summed E-state index contributed by atoms with van der Waals surface area (Å²) in [6.07, 6.45) is 2.81. The summed E-state index contributed by atoms with van der Waals surface area (Å²) in [6.45, 7) is 7.02. The maximum absolute atomic E-state index is 13.9. The Bertz CT molecular complexity index is 1400. The molecule has 0 fully saturated rings. The molecule has 0 heterocycles. The lowest BCUT2D eigenvalue weighted by Crippen LogP contribution is -2.51. The normalized spacial score (nSPS) is 12.1. The van der Waals surface area contributed by atoms with Gasteiger partial charge in [-0.2, -0.15) is 0 Å². The lowest BCUT2D eigenvalue weighted by Gasteiger charge is -2.32. The third-order valence-electron chi connectivity index (χ3n) is 7.01. The molecule has 1 N–H and O–H groups in total. The molecule has 0 bridgehead atoms. The highest BCUT2D eigenvalue weighted by atomic mass is 79.9. The van der Waals surface area contributed by atoms with E-state index in [2.05, 4.69) is 21.2 Å². The smallest absolute Gasteiger partial charge is 0.243 e. The zero-order chi connectivity index (χ0) is 30.7. The third-order valence-corrected chi connectivity index (χ3v) is 8.73. The first kappa shape index (κ1) is 33.3. The van der Waals surface area contributed by atoms with Crippen LogP contribution >= 0.6 is 15.9 Å². The van der Waals surface area contributed by atoms with E-state index in [9.17, 15) is 18.0 Å². The Morgan fingerprint density at radius 1 is 0.881 bits per heavy atom. The molecule has 0 aliphatic rings. The second-order valence-electron chi connectivity index (χ2n) is 11.0. The molecular formula is C33H42BrN3O4S. The summed E-state index contributed by atoms with van der Waals surface area (Å²) in [5, 5.41) is 3.03. The number of benzene rings is 3. The average molecular weight is 657 g/mol. The number of carbonyl (C=O) groups excluding carboxylic acids is 2. The van der Waals surface area contributed by atoms with Crippen LogP contribution in [-0.4, -0.2) is 50.5 Å². The van der Waals surface area contributed by atoms with E-state index in [1.807, 2.05) is 87.5 Å². The lowest BCUT2D eigenvalue weighted by molar-refractivity contribution is -0.141. The number of nitrogens with one attached hydrogen (secondary N) is 1. The SMILES string of the molecule is CCc1ccc(N(CCCC(=O)N(Cc2ccc(Br)cc2)C(Cc2ccccc2)C(=O)NCC(C)C)S(C)(=O)=O)cc1. The predicted octanol–water partition coefficient (Wildman–Crippen LogP) is 5.97. The van der Waals surface area contributed by atoms with Crippen LogP contribution < -0.4 is 9.62 Å². The molecule has 0 aliphatic heterocycles. The van der Waals surface area contributed by atoms with E-state index in [0.717, 1.165) is 27.6 Å². The molecule has 1 atom stereocenters. The van der Waals surface area contributed by atoms with Gasteiger partial charge in [0.1, 0.15) is 6.04 Å². The molecule has 0 aromatic heterocycles. The molecule has 0 spiro atoms. The summed E-state index contributed by atoms with van der Waals surface area (Å²) in [5.41, 5.74) is 3.54.